The molecule has 1 aromatic rings. The monoisotopic (exact) mass is 302 g/mol. The van der Waals surface area contributed by atoms with Crippen LogP contribution in [0.1, 0.15) is 25.3 Å². The van der Waals surface area contributed by atoms with Crippen molar-refractivity contribution in [3.05, 3.63) is 31.6 Å². The van der Waals surface area contributed by atoms with Gasteiger partial charge in [-0.25, -0.2) is 13.6 Å². The molecule has 0 aromatic carbocycles. The minimum absolute atomic E-state index is 0.0351. The average molecular weight is 303 g/mol. The van der Waals surface area contributed by atoms with E-state index in [9.17, 15) is 27.2 Å². The minimum Gasteiger partial charge on any atom is -0.297 e. The van der Waals surface area contributed by atoms with E-state index in [-0.39, 0.29) is 15.3 Å². The first-order chi connectivity index (χ1) is 8.58. The molecule has 1 heterocycles. The summed E-state index contributed by atoms with van der Waals surface area (Å²) in [4.78, 5) is 25.2. The number of hydrogen-bond donors (Lipinski definition) is 1. The number of aromatic amines is 1. The van der Waals surface area contributed by atoms with Gasteiger partial charge in [0.25, 0.3) is 5.56 Å². The number of H-pyrrole nitrogens is 1. The van der Waals surface area contributed by atoms with Gasteiger partial charge in [0.2, 0.25) is 0 Å². The van der Waals surface area contributed by atoms with Crippen LogP contribution < -0.4 is 11.2 Å². The van der Waals surface area contributed by atoms with Gasteiger partial charge in [0.05, 0.1) is 5.56 Å². The second-order valence-electron chi connectivity index (χ2n) is 4.27. The number of nitrogens with one attached hydrogen (secondary N) is 1. The van der Waals surface area contributed by atoms with Gasteiger partial charge in [0.15, 0.2) is 0 Å². The fraction of sp³-hybridized carbons (Fsp3) is 0.600. The Morgan fingerprint density at radius 2 is 1.84 bits per heavy atom. The van der Waals surface area contributed by atoms with Crippen LogP contribution >= 0.6 is 11.6 Å². The molecule has 0 saturated carbocycles. The predicted molar refractivity (Wildman–Crippen MR) is 61.4 cm³/mol. The number of alkyl halides is 4. The molecule has 108 valence electrons. The first-order valence-electron chi connectivity index (χ1n) is 5.26. The molecule has 0 aliphatic heterocycles. The molecule has 0 atom stereocenters. The summed E-state index contributed by atoms with van der Waals surface area (Å²) in [7, 11) is 0. The summed E-state index contributed by atoms with van der Waals surface area (Å²) in [6.07, 6.45) is -3.98. The van der Waals surface area contributed by atoms with Gasteiger partial charge in [0, 0.05) is 0 Å². The molecule has 0 aliphatic carbocycles. The molecule has 19 heavy (non-hydrogen) atoms. The number of rotatable bonds is 4. The average Bonchev–Trinajstić information content (AvgIpc) is 2.23. The zero-order valence-corrected chi connectivity index (χ0v) is 10.8. The number of nitrogens with zero attached hydrogens (tertiary/aromatic N) is 1. The van der Waals surface area contributed by atoms with Crippen molar-refractivity contribution < 1.29 is 17.6 Å². The zero-order valence-electron chi connectivity index (χ0n) is 10.0. The Morgan fingerprint density at radius 3 is 2.26 bits per heavy atom. The van der Waals surface area contributed by atoms with Crippen molar-refractivity contribution in [2.45, 2.75) is 38.7 Å². The van der Waals surface area contributed by atoms with Crippen molar-refractivity contribution in [3.8, 4) is 0 Å². The quantitative estimate of drug-likeness (QED) is 0.685. The van der Waals surface area contributed by atoms with Crippen LogP contribution in [0, 0.1) is 0 Å². The molecule has 0 spiro atoms. The van der Waals surface area contributed by atoms with Crippen LogP contribution in [0.3, 0.4) is 0 Å². The SMILES string of the molecule is CC(C)c1c(Cl)[nH]c(=O)n(CC(F)(F)C(F)F)c1=O. The number of halogens is 5. The number of hydrogen-bond acceptors (Lipinski definition) is 2. The molecule has 0 saturated heterocycles. The molecule has 0 fully saturated rings. The lowest BCUT2D eigenvalue weighted by Crippen LogP contribution is -2.44. The lowest BCUT2D eigenvalue weighted by molar-refractivity contribution is -0.138. The molecule has 1 aromatic heterocycles. The van der Waals surface area contributed by atoms with Crippen molar-refractivity contribution in [1.29, 1.82) is 0 Å². The van der Waals surface area contributed by atoms with Gasteiger partial charge in [-0.1, -0.05) is 25.4 Å². The fourth-order valence-electron chi connectivity index (χ4n) is 1.48. The van der Waals surface area contributed by atoms with Gasteiger partial charge in [0.1, 0.15) is 11.7 Å². The summed E-state index contributed by atoms with van der Waals surface area (Å²) >= 11 is 5.63. The van der Waals surface area contributed by atoms with E-state index in [1.54, 1.807) is 13.8 Å². The van der Waals surface area contributed by atoms with Gasteiger partial charge in [-0.3, -0.25) is 14.3 Å². The molecule has 1 rings (SSSR count). The first-order valence-corrected chi connectivity index (χ1v) is 5.64. The largest absolute Gasteiger partial charge is 0.329 e. The highest BCUT2D eigenvalue weighted by Gasteiger charge is 2.42. The van der Waals surface area contributed by atoms with E-state index < -0.39 is 36.1 Å². The third kappa shape index (κ3) is 3.17. The van der Waals surface area contributed by atoms with Crippen LogP contribution in [-0.4, -0.2) is 21.9 Å². The Hall–Kier alpha value is -1.31. The Kier molecular flexibility index (Phi) is 4.44. The van der Waals surface area contributed by atoms with Gasteiger partial charge in [-0.15, -0.1) is 0 Å². The second kappa shape index (κ2) is 5.36. The summed E-state index contributed by atoms with van der Waals surface area (Å²) < 4.78 is 50.1. The Balaban J connectivity index is 3.42. The minimum atomic E-state index is -4.47. The van der Waals surface area contributed by atoms with Crippen LogP contribution in [0.4, 0.5) is 17.6 Å². The Bertz CT molecular complexity index is 580. The second-order valence-corrected chi connectivity index (χ2v) is 4.64. The van der Waals surface area contributed by atoms with E-state index in [1.165, 1.54) is 0 Å². The zero-order chi connectivity index (χ0) is 15.0. The van der Waals surface area contributed by atoms with E-state index >= 15 is 0 Å². The van der Waals surface area contributed by atoms with E-state index in [0.717, 1.165) is 0 Å². The van der Waals surface area contributed by atoms with Gasteiger partial charge >= 0.3 is 18.0 Å². The topological polar surface area (TPSA) is 54.9 Å². The van der Waals surface area contributed by atoms with Crippen molar-refractivity contribution in [2.24, 2.45) is 0 Å². The summed E-state index contributed by atoms with van der Waals surface area (Å²) in [5.74, 6) is -4.93. The van der Waals surface area contributed by atoms with E-state index in [1.807, 2.05) is 4.98 Å². The molecular weight excluding hydrogens is 292 g/mol. The fourth-order valence-corrected chi connectivity index (χ4v) is 1.86. The predicted octanol–water partition coefficient (Wildman–Crippen LogP) is 2.21. The van der Waals surface area contributed by atoms with Crippen molar-refractivity contribution in [3.63, 3.8) is 0 Å². The van der Waals surface area contributed by atoms with Crippen LogP contribution in [0.25, 0.3) is 0 Å². The maximum absolute atomic E-state index is 12.9. The van der Waals surface area contributed by atoms with Crippen LogP contribution in [-0.2, 0) is 6.54 Å². The number of aromatic nitrogens is 2. The third-order valence-corrected chi connectivity index (χ3v) is 2.74. The summed E-state index contributed by atoms with van der Waals surface area (Å²) in [6.45, 7) is 1.41. The Labute approximate surface area is 110 Å². The van der Waals surface area contributed by atoms with Crippen LogP contribution in [0.5, 0.6) is 0 Å². The Morgan fingerprint density at radius 1 is 1.32 bits per heavy atom. The maximum atomic E-state index is 12.9. The van der Waals surface area contributed by atoms with Crippen molar-refractivity contribution in [2.75, 3.05) is 0 Å². The van der Waals surface area contributed by atoms with Crippen molar-refractivity contribution in [1.82, 2.24) is 9.55 Å². The van der Waals surface area contributed by atoms with Crippen molar-refractivity contribution >= 4 is 11.6 Å². The normalized spacial score (nSPS) is 12.5. The van der Waals surface area contributed by atoms with Crippen LogP contribution in [0.2, 0.25) is 5.15 Å². The standard InChI is InChI=1S/C10H11ClF4N2O2/c1-4(2)5-6(11)16-9(19)17(7(5)18)3-10(14,15)8(12)13/h4,8H,3H2,1-2H3,(H,16,19). The van der Waals surface area contributed by atoms with Gasteiger partial charge < -0.3 is 0 Å². The van der Waals surface area contributed by atoms with E-state index in [2.05, 4.69) is 0 Å². The summed E-state index contributed by atoms with van der Waals surface area (Å²) in [5, 5.41) is -0.276. The lowest BCUT2D eigenvalue weighted by Gasteiger charge is -2.17. The molecule has 4 nitrogen and oxygen atoms in total. The highest BCUT2D eigenvalue weighted by atomic mass is 35.5. The highest BCUT2D eigenvalue weighted by molar-refractivity contribution is 6.30. The molecule has 0 aliphatic rings. The molecule has 1 N–H and O–H groups in total. The molecule has 9 heteroatoms. The van der Waals surface area contributed by atoms with E-state index in [4.69, 9.17) is 11.6 Å². The van der Waals surface area contributed by atoms with Gasteiger partial charge in [-0.05, 0) is 5.92 Å². The smallest absolute Gasteiger partial charge is 0.297 e. The summed E-state index contributed by atoms with van der Waals surface area (Å²) in [6, 6.07) is 0. The van der Waals surface area contributed by atoms with Gasteiger partial charge in [-0.2, -0.15) is 8.78 Å². The lowest BCUT2D eigenvalue weighted by atomic mass is 10.1. The third-order valence-electron chi connectivity index (χ3n) is 2.44. The highest BCUT2D eigenvalue weighted by Crippen LogP contribution is 2.24. The first kappa shape index (κ1) is 15.7. The summed E-state index contributed by atoms with van der Waals surface area (Å²) in [5.41, 5.74) is -2.45. The molecule has 0 bridgehead atoms. The molecule has 0 radical (unpaired) electrons. The van der Waals surface area contributed by atoms with Crippen LogP contribution in [0.15, 0.2) is 9.59 Å². The molecular formula is C10H11ClF4N2O2. The van der Waals surface area contributed by atoms with E-state index in [0.29, 0.717) is 0 Å². The molecule has 0 amide bonds. The molecule has 0 unspecified atom stereocenters. The maximum Gasteiger partial charge on any atom is 0.329 e.